The van der Waals surface area contributed by atoms with Gasteiger partial charge in [-0.2, -0.15) is 0 Å². The summed E-state index contributed by atoms with van der Waals surface area (Å²) in [6.45, 7) is 1.04. The molecule has 0 amide bonds. The molecular weight excluding hydrogens is 292 g/mol. The molecule has 1 aromatic heterocycles. The molecular formula is C22H22N2. The number of hydrogen-bond acceptors (Lipinski definition) is 2. The van der Waals surface area contributed by atoms with Gasteiger partial charge in [-0.05, 0) is 49.1 Å². The van der Waals surface area contributed by atoms with Crippen molar-refractivity contribution in [3.8, 4) is 0 Å². The molecule has 2 nitrogen and oxygen atoms in total. The van der Waals surface area contributed by atoms with Gasteiger partial charge in [0, 0.05) is 17.3 Å². The Morgan fingerprint density at radius 3 is 2.21 bits per heavy atom. The van der Waals surface area contributed by atoms with E-state index in [2.05, 4.69) is 66.0 Å². The van der Waals surface area contributed by atoms with E-state index < -0.39 is 0 Å². The molecule has 1 fully saturated rings. The maximum Gasteiger partial charge on any atom is 0.0730 e. The first-order chi connectivity index (χ1) is 11.9. The van der Waals surface area contributed by atoms with Crippen LogP contribution < -0.4 is 5.32 Å². The van der Waals surface area contributed by atoms with E-state index in [0.717, 1.165) is 35.3 Å². The van der Waals surface area contributed by atoms with Crippen LogP contribution in [0.4, 0.5) is 5.69 Å². The molecule has 2 aliphatic carbocycles. The van der Waals surface area contributed by atoms with Crippen molar-refractivity contribution in [3.63, 3.8) is 0 Å². The van der Waals surface area contributed by atoms with Crippen molar-refractivity contribution in [1.29, 1.82) is 0 Å². The maximum absolute atomic E-state index is 4.81. The highest BCUT2D eigenvalue weighted by Crippen LogP contribution is 2.44. The predicted octanol–water partition coefficient (Wildman–Crippen LogP) is 5.40. The van der Waals surface area contributed by atoms with Gasteiger partial charge in [-0.25, -0.2) is 4.98 Å². The second-order valence-electron chi connectivity index (χ2n) is 7.28. The lowest BCUT2D eigenvalue weighted by Crippen LogP contribution is -2.13. The van der Waals surface area contributed by atoms with E-state index >= 15 is 0 Å². The van der Waals surface area contributed by atoms with E-state index in [1.54, 1.807) is 0 Å². The van der Waals surface area contributed by atoms with Crippen molar-refractivity contribution in [2.45, 2.75) is 19.3 Å². The molecule has 0 unspecified atom stereocenters. The van der Waals surface area contributed by atoms with Crippen molar-refractivity contribution < 1.29 is 0 Å². The third kappa shape index (κ3) is 2.29. The SMILES string of the molecule is C1=C[C@@H]2C[C@H]1C[C@@H]2CCNc1c2ccccc2nc2ccccc12. The molecule has 0 radical (unpaired) electrons. The first kappa shape index (κ1) is 14.0. The number of pyridine rings is 1. The summed E-state index contributed by atoms with van der Waals surface area (Å²) in [5.74, 6) is 2.57. The first-order valence-corrected chi connectivity index (χ1v) is 9.08. The van der Waals surface area contributed by atoms with Gasteiger partial charge in [0.2, 0.25) is 0 Å². The zero-order valence-electron chi connectivity index (χ0n) is 13.8. The lowest BCUT2D eigenvalue weighted by atomic mass is 9.90. The lowest BCUT2D eigenvalue weighted by molar-refractivity contribution is 0.427. The van der Waals surface area contributed by atoms with Gasteiger partial charge in [-0.1, -0.05) is 48.6 Å². The molecule has 2 aliphatic rings. The van der Waals surface area contributed by atoms with Crippen LogP contribution in [0.1, 0.15) is 19.3 Å². The van der Waals surface area contributed by atoms with Gasteiger partial charge in [0.15, 0.2) is 0 Å². The number of para-hydroxylation sites is 2. The van der Waals surface area contributed by atoms with Gasteiger partial charge in [0.05, 0.1) is 16.7 Å². The molecule has 2 bridgehead atoms. The minimum absolute atomic E-state index is 0.836. The topological polar surface area (TPSA) is 24.9 Å². The summed E-state index contributed by atoms with van der Waals surface area (Å²) in [4.78, 5) is 4.81. The van der Waals surface area contributed by atoms with E-state index in [0.29, 0.717) is 0 Å². The molecule has 3 aromatic rings. The third-order valence-corrected chi connectivity index (χ3v) is 5.82. The van der Waals surface area contributed by atoms with Crippen molar-refractivity contribution in [2.75, 3.05) is 11.9 Å². The smallest absolute Gasteiger partial charge is 0.0730 e. The molecule has 24 heavy (non-hydrogen) atoms. The largest absolute Gasteiger partial charge is 0.384 e. The summed E-state index contributed by atoms with van der Waals surface area (Å²) in [6.07, 6.45) is 8.93. The molecule has 120 valence electrons. The minimum atomic E-state index is 0.836. The molecule has 1 N–H and O–H groups in total. The van der Waals surface area contributed by atoms with Crippen molar-refractivity contribution in [2.24, 2.45) is 17.8 Å². The second-order valence-corrected chi connectivity index (χ2v) is 7.28. The van der Waals surface area contributed by atoms with Crippen LogP contribution in [0.15, 0.2) is 60.7 Å². The van der Waals surface area contributed by atoms with E-state index in [1.807, 2.05) is 0 Å². The second kappa shape index (κ2) is 5.62. The summed E-state index contributed by atoms with van der Waals surface area (Å²) >= 11 is 0. The fourth-order valence-electron chi connectivity index (χ4n) is 4.64. The van der Waals surface area contributed by atoms with E-state index in [-0.39, 0.29) is 0 Å². The number of nitrogens with one attached hydrogen (secondary N) is 1. The number of anilines is 1. The van der Waals surface area contributed by atoms with Crippen LogP contribution in [-0.2, 0) is 0 Å². The van der Waals surface area contributed by atoms with Gasteiger partial charge in [-0.15, -0.1) is 0 Å². The van der Waals surface area contributed by atoms with Gasteiger partial charge >= 0.3 is 0 Å². The van der Waals surface area contributed by atoms with Crippen LogP contribution in [0.25, 0.3) is 21.8 Å². The predicted molar refractivity (Wildman–Crippen MR) is 101 cm³/mol. The van der Waals surface area contributed by atoms with Crippen LogP contribution in [0.2, 0.25) is 0 Å². The number of nitrogens with zero attached hydrogens (tertiary/aromatic N) is 1. The van der Waals surface area contributed by atoms with Gasteiger partial charge in [0.1, 0.15) is 0 Å². The van der Waals surface area contributed by atoms with Crippen LogP contribution in [-0.4, -0.2) is 11.5 Å². The van der Waals surface area contributed by atoms with Crippen LogP contribution in [0.5, 0.6) is 0 Å². The summed E-state index contributed by atoms with van der Waals surface area (Å²) in [5.41, 5.74) is 3.39. The zero-order chi connectivity index (χ0) is 15.9. The van der Waals surface area contributed by atoms with Crippen LogP contribution >= 0.6 is 0 Å². The monoisotopic (exact) mass is 314 g/mol. The van der Waals surface area contributed by atoms with Crippen LogP contribution in [0.3, 0.4) is 0 Å². The molecule has 0 saturated heterocycles. The Morgan fingerprint density at radius 1 is 0.875 bits per heavy atom. The number of hydrogen-bond donors (Lipinski definition) is 1. The Balaban J connectivity index is 1.45. The van der Waals surface area contributed by atoms with E-state index in [9.17, 15) is 0 Å². The first-order valence-electron chi connectivity index (χ1n) is 9.08. The molecule has 3 atom stereocenters. The van der Waals surface area contributed by atoms with E-state index in [1.165, 1.54) is 35.7 Å². The van der Waals surface area contributed by atoms with Gasteiger partial charge < -0.3 is 5.32 Å². The highest BCUT2D eigenvalue weighted by Gasteiger charge is 2.34. The fourth-order valence-corrected chi connectivity index (χ4v) is 4.64. The molecule has 2 aromatic carbocycles. The van der Waals surface area contributed by atoms with Gasteiger partial charge in [0.25, 0.3) is 0 Å². The maximum atomic E-state index is 4.81. The standard InChI is InChI=1S/C22H22N2/c1-3-7-20-18(5-1)22(19-6-2-4-8-21(19)24-20)23-12-11-17-14-15-9-10-16(17)13-15/h1-10,15-17H,11-14H2,(H,23,24)/t15-,16+,17-/m0/s1. The molecule has 1 heterocycles. The molecule has 0 spiro atoms. The Morgan fingerprint density at radius 2 is 1.58 bits per heavy atom. The number of aromatic nitrogens is 1. The molecule has 1 saturated carbocycles. The Labute approximate surface area is 142 Å². The number of benzene rings is 2. The minimum Gasteiger partial charge on any atom is -0.384 e. The lowest BCUT2D eigenvalue weighted by Gasteiger charge is -2.19. The molecule has 0 aliphatic heterocycles. The van der Waals surface area contributed by atoms with Crippen molar-refractivity contribution >= 4 is 27.5 Å². The Bertz CT molecular complexity index is 874. The molecule has 2 heteroatoms. The average Bonchev–Trinajstić information content (AvgIpc) is 3.24. The van der Waals surface area contributed by atoms with Crippen LogP contribution in [0, 0.1) is 17.8 Å². The Kier molecular flexibility index (Phi) is 3.29. The average molecular weight is 314 g/mol. The molecule has 5 rings (SSSR count). The zero-order valence-corrected chi connectivity index (χ0v) is 13.8. The summed E-state index contributed by atoms with van der Waals surface area (Å²) in [7, 11) is 0. The fraction of sp³-hybridized carbons (Fsp3) is 0.318. The summed E-state index contributed by atoms with van der Waals surface area (Å²) in [5, 5.41) is 6.20. The third-order valence-electron chi connectivity index (χ3n) is 5.82. The number of allylic oxidation sites excluding steroid dienone is 2. The quantitative estimate of drug-likeness (QED) is 0.515. The van der Waals surface area contributed by atoms with Crippen molar-refractivity contribution in [3.05, 3.63) is 60.7 Å². The Hall–Kier alpha value is -2.35. The van der Waals surface area contributed by atoms with Crippen molar-refractivity contribution in [1.82, 2.24) is 4.98 Å². The van der Waals surface area contributed by atoms with Gasteiger partial charge in [-0.3, -0.25) is 0 Å². The number of fused-ring (bicyclic) bond motifs is 4. The normalized spacial score (nSPS) is 24.9. The summed E-state index contributed by atoms with van der Waals surface area (Å²) < 4.78 is 0. The number of rotatable bonds is 4. The van der Waals surface area contributed by atoms with E-state index in [4.69, 9.17) is 4.98 Å². The summed E-state index contributed by atoms with van der Waals surface area (Å²) in [6, 6.07) is 16.9. The highest BCUT2D eigenvalue weighted by atomic mass is 14.9. The highest BCUT2D eigenvalue weighted by molar-refractivity contribution is 6.07.